The van der Waals surface area contributed by atoms with Crippen molar-refractivity contribution in [2.75, 3.05) is 5.32 Å². The summed E-state index contributed by atoms with van der Waals surface area (Å²) in [5.74, 6) is 1.80. The summed E-state index contributed by atoms with van der Waals surface area (Å²) in [4.78, 5) is 12.4. The molecule has 2 aromatic heterocycles. The van der Waals surface area contributed by atoms with E-state index in [0.29, 0.717) is 17.4 Å². The fraction of sp³-hybridized carbons (Fsp3) is 0.556. The average Bonchev–Trinajstić information content (AvgIpc) is 3.18. The van der Waals surface area contributed by atoms with Crippen molar-refractivity contribution >= 4 is 11.7 Å². The maximum absolute atomic E-state index is 12.4. The molecule has 0 aromatic carbocycles. The summed E-state index contributed by atoms with van der Waals surface area (Å²) >= 11 is 0. The molecule has 1 aliphatic carbocycles. The molecule has 1 amide bonds. The monoisotopic (exact) mass is 329 g/mol. The van der Waals surface area contributed by atoms with Crippen LogP contribution in [0, 0.1) is 13.3 Å². The van der Waals surface area contributed by atoms with Gasteiger partial charge in [0.2, 0.25) is 5.91 Å². The van der Waals surface area contributed by atoms with E-state index >= 15 is 0 Å². The number of rotatable bonds is 4. The van der Waals surface area contributed by atoms with Crippen molar-refractivity contribution in [1.82, 2.24) is 14.9 Å². The van der Waals surface area contributed by atoms with Crippen LogP contribution >= 0.6 is 0 Å². The van der Waals surface area contributed by atoms with Crippen LogP contribution in [0.1, 0.15) is 63.1 Å². The van der Waals surface area contributed by atoms with Gasteiger partial charge in [-0.15, -0.1) is 0 Å². The highest BCUT2D eigenvalue weighted by atomic mass is 16.5. The van der Waals surface area contributed by atoms with Gasteiger partial charge in [0.05, 0.1) is 23.3 Å². The Balaban J connectivity index is 1.78. The summed E-state index contributed by atoms with van der Waals surface area (Å²) in [7, 11) is 0. The van der Waals surface area contributed by atoms with Gasteiger partial charge in [-0.2, -0.15) is 5.10 Å². The first-order valence-electron chi connectivity index (χ1n) is 8.47. The fourth-order valence-electron chi connectivity index (χ4n) is 3.08. The highest BCUT2D eigenvalue weighted by Gasteiger charge is 2.26. The standard InChI is InChI=1S/C18H25N4O2/c1-12-9-14(21-24-12)10-17(23)19-16-11-15(13-7-5-6-8-13)20-22(16)18(2,3)4/h5,9,11,13H,6-8,10H2,1-4H3,(H,19,23)/t13-/m0/s1. The van der Waals surface area contributed by atoms with Crippen LogP contribution in [-0.2, 0) is 16.8 Å². The topological polar surface area (TPSA) is 73.0 Å². The lowest BCUT2D eigenvalue weighted by atomic mass is 10.0. The molecule has 0 unspecified atom stereocenters. The van der Waals surface area contributed by atoms with Crippen LogP contribution < -0.4 is 5.32 Å². The molecule has 24 heavy (non-hydrogen) atoms. The molecule has 1 N–H and O–H groups in total. The highest BCUT2D eigenvalue weighted by molar-refractivity contribution is 5.91. The highest BCUT2D eigenvalue weighted by Crippen LogP contribution is 2.35. The zero-order chi connectivity index (χ0) is 17.3. The Morgan fingerprint density at radius 1 is 1.42 bits per heavy atom. The second-order valence-corrected chi connectivity index (χ2v) is 7.49. The van der Waals surface area contributed by atoms with Crippen molar-refractivity contribution in [2.45, 2.75) is 64.8 Å². The molecule has 1 aliphatic rings. The summed E-state index contributed by atoms with van der Waals surface area (Å²) in [6.07, 6.45) is 5.84. The first kappa shape index (κ1) is 16.7. The van der Waals surface area contributed by atoms with Crippen LogP contribution in [0.2, 0.25) is 0 Å². The fourth-order valence-corrected chi connectivity index (χ4v) is 3.08. The lowest BCUT2D eigenvalue weighted by Gasteiger charge is -2.22. The van der Waals surface area contributed by atoms with Gasteiger partial charge in [0.25, 0.3) is 0 Å². The van der Waals surface area contributed by atoms with E-state index in [9.17, 15) is 4.79 Å². The number of hydrogen-bond donors (Lipinski definition) is 1. The summed E-state index contributed by atoms with van der Waals surface area (Å²) < 4.78 is 6.92. The van der Waals surface area contributed by atoms with E-state index in [4.69, 9.17) is 9.62 Å². The van der Waals surface area contributed by atoms with Gasteiger partial charge in [-0.1, -0.05) is 5.16 Å². The van der Waals surface area contributed by atoms with Crippen LogP contribution in [0.4, 0.5) is 5.82 Å². The molecule has 0 spiro atoms. The number of hydrogen-bond acceptors (Lipinski definition) is 4. The molecule has 0 saturated heterocycles. The number of amides is 1. The Bertz CT molecular complexity index is 718. The summed E-state index contributed by atoms with van der Waals surface area (Å²) in [6.45, 7) is 8.07. The van der Waals surface area contributed by atoms with Crippen molar-refractivity contribution in [3.8, 4) is 0 Å². The molecular formula is C18H25N4O2. The molecule has 6 nitrogen and oxygen atoms in total. The third kappa shape index (κ3) is 3.68. The van der Waals surface area contributed by atoms with Crippen molar-refractivity contribution in [3.05, 3.63) is 35.7 Å². The minimum absolute atomic E-state index is 0.113. The number of nitrogens with one attached hydrogen (secondary N) is 1. The molecule has 0 bridgehead atoms. The molecule has 6 heteroatoms. The predicted octanol–water partition coefficient (Wildman–Crippen LogP) is 3.59. The lowest BCUT2D eigenvalue weighted by Crippen LogP contribution is -2.27. The van der Waals surface area contributed by atoms with Crippen LogP contribution in [-0.4, -0.2) is 20.8 Å². The molecule has 0 aliphatic heterocycles. The van der Waals surface area contributed by atoms with Crippen molar-refractivity contribution in [2.24, 2.45) is 0 Å². The van der Waals surface area contributed by atoms with Gasteiger partial charge in [-0.3, -0.25) is 4.79 Å². The van der Waals surface area contributed by atoms with E-state index in [1.165, 1.54) is 0 Å². The van der Waals surface area contributed by atoms with E-state index in [0.717, 1.165) is 30.8 Å². The van der Waals surface area contributed by atoms with Crippen LogP contribution in [0.3, 0.4) is 0 Å². The van der Waals surface area contributed by atoms with E-state index in [1.54, 1.807) is 6.07 Å². The smallest absolute Gasteiger partial charge is 0.231 e. The number of anilines is 1. The first-order chi connectivity index (χ1) is 11.3. The third-order valence-corrected chi connectivity index (χ3v) is 4.24. The maximum atomic E-state index is 12.4. The number of carbonyl (C=O) groups excluding carboxylic acids is 1. The predicted molar refractivity (Wildman–Crippen MR) is 91.7 cm³/mol. The van der Waals surface area contributed by atoms with Crippen LogP contribution in [0.5, 0.6) is 0 Å². The van der Waals surface area contributed by atoms with Crippen LogP contribution in [0.25, 0.3) is 0 Å². The third-order valence-electron chi connectivity index (χ3n) is 4.24. The average molecular weight is 329 g/mol. The normalized spacial score (nSPS) is 15.8. The number of aryl methyl sites for hydroxylation is 1. The number of nitrogens with zero attached hydrogens (tertiary/aromatic N) is 3. The van der Waals surface area contributed by atoms with Gasteiger partial charge in [0.1, 0.15) is 11.6 Å². The molecule has 2 aromatic rings. The van der Waals surface area contributed by atoms with Gasteiger partial charge in [-0.05, 0) is 53.4 Å². The van der Waals surface area contributed by atoms with E-state index < -0.39 is 0 Å². The molecule has 3 rings (SSSR count). The van der Waals surface area contributed by atoms with Crippen molar-refractivity contribution in [3.63, 3.8) is 0 Å². The Kier molecular flexibility index (Phi) is 4.47. The molecular weight excluding hydrogens is 304 g/mol. The Labute approximate surface area is 142 Å². The summed E-state index contributed by atoms with van der Waals surface area (Å²) in [5, 5.41) is 11.6. The van der Waals surface area contributed by atoms with Crippen molar-refractivity contribution in [1.29, 1.82) is 0 Å². The van der Waals surface area contributed by atoms with E-state index in [1.807, 2.05) is 17.7 Å². The minimum atomic E-state index is -0.201. The zero-order valence-corrected chi connectivity index (χ0v) is 14.8. The second kappa shape index (κ2) is 6.42. The van der Waals surface area contributed by atoms with E-state index in [2.05, 4.69) is 37.7 Å². The molecule has 1 atom stereocenters. The quantitative estimate of drug-likeness (QED) is 0.930. The van der Waals surface area contributed by atoms with Crippen LogP contribution in [0.15, 0.2) is 16.7 Å². The van der Waals surface area contributed by atoms with Crippen molar-refractivity contribution < 1.29 is 9.32 Å². The molecule has 2 heterocycles. The second-order valence-electron chi connectivity index (χ2n) is 7.49. The SMILES string of the molecule is Cc1cc(CC(=O)Nc2cc([C@H]3C[CH]CC3)nn2C(C)(C)C)no1. The Morgan fingerprint density at radius 2 is 2.21 bits per heavy atom. The van der Waals surface area contributed by atoms with Gasteiger partial charge >= 0.3 is 0 Å². The first-order valence-corrected chi connectivity index (χ1v) is 8.47. The van der Waals surface area contributed by atoms with E-state index in [-0.39, 0.29) is 17.9 Å². The maximum Gasteiger partial charge on any atom is 0.231 e. The Hall–Kier alpha value is -2.11. The molecule has 129 valence electrons. The molecule has 1 radical (unpaired) electrons. The lowest BCUT2D eigenvalue weighted by molar-refractivity contribution is -0.115. The van der Waals surface area contributed by atoms with Gasteiger partial charge in [0, 0.05) is 18.1 Å². The Morgan fingerprint density at radius 3 is 2.79 bits per heavy atom. The largest absolute Gasteiger partial charge is 0.361 e. The molecule has 1 saturated carbocycles. The van der Waals surface area contributed by atoms with Gasteiger partial charge in [0.15, 0.2) is 0 Å². The van der Waals surface area contributed by atoms with Gasteiger partial charge < -0.3 is 9.84 Å². The molecule has 1 fully saturated rings. The van der Waals surface area contributed by atoms with Gasteiger partial charge in [-0.25, -0.2) is 4.68 Å². The summed E-state index contributed by atoms with van der Waals surface area (Å²) in [5.41, 5.74) is 1.50. The minimum Gasteiger partial charge on any atom is -0.361 e. The summed E-state index contributed by atoms with van der Waals surface area (Å²) in [6, 6.07) is 3.79. The number of aromatic nitrogens is 3. The zero-order valence-electron chi connectivity index (χ0n) is 14.8. The number of carbonyl (C=O) groups is 1.